The minimum absolute atomic E-state index is 0.0951. The lowest BCUT2D eigenvalue weighted by Gasteiger charge is -2.08. The largest absolute Gasteiger partial charge is 0.313 e. The highest BCUT2D eigenvalue weighted by Crippen LogP contribution is 2.24. The second-order valence-electron chi connectivity index (χ2n) is 4.13. The van der Waals surface area contributed by atoms with Gasteiger partial charge in [0.2, 0.25) is 0 Å². The smallest absolute Gasteiger partial charge is 0.280 e. The highest BCUT2D eigenvalue weighted by atomic mass is 19.3. The van der Waals surface area contributed by atoms with Crippen LogP contribution >= 0.6 is 0 Å². The first-order valence-electron chi connectivity index (χ1n) is 6.21. The fourth-order valence-electron chi connectivity index (χ4n) is 1.82. The SMILES string of the molecule is CCCNCc1cnn(-c2ccccn2)c1C(F)F. The fourth-order valence-corrected chi connectivity index (χ4v) is 1.82. The summed E-state index contributed by atoms with van der Waals surface area (Å²) >= 11 is 0. The summed E-state index contributed by atoms with van der Waals surface area (Å²) in [7, 11) is 0. The van der Waals surface area contributed by atoms with E-state index in [1.165, 1.54) is 10.9 Å². The van der Waals surface area contributed by atoms with Gasteiger partial charge in [-0.3, -0.25) is 0 Å². The van der Waals surface area contributed by atoms with Gasteiger partial charge in [0.1, 0.15) is 5.69 Å². The molecule has 0 amide bonds. The average molecular weight is 266 g/mol. The molecule has 1 N–H and O–H groups in total. The van der Waals surface area contributed by atoms with Gasteiger partial charge < -0.3 is 5.32 Å². The number of rotatable bonds is 6. The molecule has 2 heterocycles. The molecule has 19 heavy (non-hydrogen) atoms. The zero-order valence-corrected chi connectivity index (χ0v) is 10.7. The number of nitrogens with zero attached hydrogens (tertiary/aromatic N) is 3. The van der Waals surface area contributed by atoms with Crippen molar-refractivity contribution in [3.05, 3.63) is 41.9 Å². The average Bonchev–Trinajstić information content (AvgIpc) is 2.84. The third-order valence-electron chi connectivity index (χ3n) is 2.70. The fraction of sp³-hybridized carbons (Fsp3) is 0.385. The van der Waals surface area contributed by atoms with Gasteiger partial charge >= 0.3 is 0 Å². The third-order valence-corrected chi connectivity index (χ3v) is 2.70. The Morgan fingerprint density at radius 3 is 2.84 bits per heavy atom. The van der Waals surface area contributed by atoms with E-state index < -0.39 is 6.43 Å². The molecule has 102 valence electrons. The molecule has 0 spiro atoms. The molecule has 0 saturated heterocycles. The number of aromatic nitrogens is 3. The van der Waals surface area contributed by atoms with Crippen molar-refractivity contribution in [3.63, 3.8) is 0 Å². The molecule has 6 heteroatoms. The Kier molecular flexibility index (Phi) is 4.57. The Hall–Kier alpha value is -1.82. The van der Waals surface area contributed by atoms with E-state index in [1.54, 1.807) is 24.4 Å². The van der Waals surface area contributed by atoms with Crippen LogP contribution in [0.2, 0.25) is 0 Å². The molecular weight excluding hydrogens is 250 g/mol. The van der Waals surface area contributed by atoms with E-state index in [0.29, 0.717) is 17.9 Å². The number of halogens is 2. The minimum atomic E-state index is -2.58. The van der Waals surface area contributed by atoms with Gasteiger partial charge in [-0.15, -0.1) is 0 Å². The molecule has 0 atom stereocenters. The van der Waals surface area contributed by atoms with E-state index in [-0.39, 0.29) is 5.69 Å². The lowest BCUT2D eigenvalue weighted by molar-refractivity contribution is 0.141. The molecule has 2 aromatic heterocycles. The van der Waals surface area contributed by atoms with Crippen molar-refractivity contribution in [2.24, 2.45) is 0 Å². The van der Waals surface area contributed by atoms with Crippen LogP contribution in [0.4, 0.5) is 8.78 Å². The van der Waals surface area contributed by atoms with Crippen LogP contribution in [0.3, 0.4) is 0 Å². The van der Waals surface area contributed by atoms with Crippen LogP contribution < -0.4 is 5.32 Å². The molecule has 0 radical (unpaired) electrons. The Morgan fingerprint density at radius 1 is 1.37 bits per heavy atom. The van der Waals surface area contributed by atoms with Gasteiger partial charge in [0.25, 0.3) is 6.43 Å². The lowest BCUT2D eigenvalue weighted by atomic mass is 10.2. The standard InChI is InChI=1S/C13H16F2N4/c1-2-6-16-8-10-9-18-19(12(10)13(14)15)11-5-3-4-7-17-11/h3-5,7,9,13,16H,2,6,8H2,1H3. The van der Waals surface area contributed by atoms with Gasteiger partial charge in [-0.25, -0.2) is 18.4 Å². The monoisotopic (exact) mass is 266 g/mol. The minimum Gasteiger partial charge on any atom is -0.313 e. The van der Waals surface area contributed by atoms with Crippen molar-refractivity contribution >= 4 is 0 Å². The van der Waals surface area contributed by atoms with E-state index in [9.17, 15) is 8.78 Å². The summed E-state index contributed by atoms with van der Waals surface area (Å²) in [5.74, 6) is 0.402. The van der Waals surface area contributed by atoms with Crippen molar-refractivity contribution in [3.8, 4) is 5.82 Å². The topological polar surface area (TPSA) is 42.7 Å². The van der Waals surface area contributed by atoms with E-state index in [4.69, 9.17) is 0 Å². The normalized spacial score (nSPS) is 11.2. The molecule has 0 unspecified atom stereocenters. The number of nitrogens with one attached hydrogen (secondary N) is 1. The molecule has 0 aliphatic carbocycles. The Labute approximate surface area is 110 Å². The van der Waals surface area contributed by atoms with Gasteiger partial charge in [0.05, 0.1) is 6.20 Å². The predicted molar refractivity (Wildman–Crippen MR) is 68.3 cm³/mol. The maximum absolute atomic E-state index is 13.2. The highest BCUT2D eigenvalue weighted by molar-refractivity contribution is 5.29. The summed E-state index contributed by atoms with van der Waals surface area (Å²) in [6, 6.07) is 5.13. The van der Waals surface area contributed by atoms with Crippen LogP contribution in [0.25, 0.3) is 5.82 Å². The first-order chi connectivity index (χ1) is 9.24. The molecule has 0 aromatic carbocycles. The predicted octanol–water partition coefficient (Wildman–Crippen LogP) is 2.70. The van der Waals surface area contributed by atoms with Gasteiger partial charge in [0.15, 0.2) is 5.82 Å². The van der Waals surface area contributed by atoms with Gasteiger partial charge in [-0.2, -0.15) is 5.10 Å². The summed E-state index contributed by atoms with van der Waals surface area (Å²) in [5, 5.41) is 7.12. The molecule has 4 nitrogen and oxygen atoms in total. The Morgan fingerprint density at radius 2 is 2.21 bits per heavy atom. The molecule has 2 aromatic rings. The summed E-state index contributed by atoms with van der Waals surface area (Å²) in [6.45, 7) is 3.20. The Bertz CT molecular complexity index is 511. The number of pyridine rings is 1. The van der Waals surface area contributed by atoms with Crippen molar-refractivity contribution in [1.82, 2.24) is 20.1 Å². The second-order valence-corrected chi connectivity index (χ2v) is 4.13. The maximum atomic E-state index is 13.2. The lowest BCUT2D eigenvalue weighted by Crippen LogP contribution is -2.15. The molecule has 0 bridgehead atoms. The highest BCUT2D eigenvalue weighted by Gasteiger charge is 2.21. The number of alkyl halides is 2. The van der Waals surface area contributed by atoms with Crippen molar-refractivity contribution < 1.29 is 8.78 Å². The molecule has 0 aliphatic rings. The summed E-state index contributed by atoms with van der Waals surface area (Å²) < 4.78 is 27.6. The second kappa shape index (κ2) is 6.38. The van der Waals surface area contributed by atoms with Gasteiger partial charge in [0, 0.05) is 18.3 Å². The van der Waals surface area contributed by atoms with Crippen LogP contribution in [0, 0.1) is 0 Å². The zero-order valence-electron chi connectivity index (χ0n) is 10.7. The Balaban J connectivity index is 2.30. The van der Waals surface area contributed by atoms with Crippen molar-refractivity contribution in [2.75, 3.05) is 6.54 Å². The molecule has 0 saturated carbocycles. The van der Waals surface area contributed by atoms with Gasteiger partial charge in [-0.1, -0.05) is 13.0 Å². The first-order valence-corrected chi connectivity index (χ1v) is 6.21. The van der Waals surface area contributed by atoms with Crippen molar-refractivity contribution in [2.45, 2.75) is 26.3 Å². The van der Waals surface area contributed by atoms with E-state index >= 15 is 0 Å². The maximum Gasteiger partial charge on any atom is 0.280 e. The van der Waals surface area contributed by atoms with E-state index in [2.05, 4.69) is 15.4 Å². The van der Waals surface area contributed by atoms with Crippen LogP contribution in [0.15, 0.2) is 30.6 Å². The quantitative estimate of drug-likeness (QED) is 0.817. The summed E-state index contributed by atoms with van der Waals surface area (Å²) in [4.78, 5) is 4.05. The third kappa shape index (κ3) is 3.14. The van der Waals surface area contributed by atoms with Crippen LogP contribution in [0.1, 0.15) is 31.0 Å². The molecular formula is C13H16F2N4. The zero-order chi connectivity index (χ0) is 13.7. The molecule has 0 fully saturated rings. The summed E-state index contributed by atoms with van der Waals surface area (Å²) in [5.41, 5.74) is 0.413. The van der Waals surface area contributed by atoms with Crippen molar-refractivity contribution in [1.29, 1.82) is 0 Å². The number of hydrogen-bond acceptors (Lipinski definition) is 3. The molecule has 2 rings (SSSR count). The van der Waals surface area contributed by atoms with Gasteiger partial charge in [-0.05, 0) is 25.1 Å². The van der Waals surface area contributed by atoms with Crippen LogP contribution in [0.5, 0.6) is 0 Å². The van der Waals surface area contributed by atoms with Crippen LogP contribution in [-0.2, 0) is 6.54 Å². The number of hydrogen-bond donors (Lipinski definition) is 1. The molecule has 0 aliphatic heterocycles. The summed E-state index contributed by atoms with van der Waals surface area (Å²) in [6.07, 6.45) is 1.40. The van der Waals surface area contributed by atoms with E-state index in [1.807, 2.05) is 6.92 Å². The van der Waals surface area contributed by atoms with Crippen LogP contribution in [-0.4, -0.2) is 21.3 Å². The van der Waals surface area contributed by atoms with E-state index in [0.717, 1.165) is 13.0 Å². The first kappa shape index (κ1) is 13.6.